The number of pyridine rings is 1. The Bertz CT molecular complexity index is 631. The number of nitrogens with one attached hydrogen (secondary N) is 1. The summed E-state index contributed by atoms with van der Waals surface area (Å²) in [6, 6.07) is 8.54. The molecule has 5 heteroatoms. The third kappa shape index (κ3) is 2.77. The topological polar surface area (TPSA) is 34.2 Å². The van der Waals surface area contributed by atoms with Crippen molar-refractivity contribution >= 4 is 21.6 Å². The van der Waals surface area contributed by atoms with Crippen molar-refractivity contribution in [2.24, 2.45) is 0 Å². The van der Waals surface area contributed by atoms with Crippen LogP contribution >= 0.6 is 15.9 Å². The fourth-order valence-corrected chi connectivity index (χ4v) is 2.58. The van der Waals surface area contributed by atoms with Crippen LogP contribution in [0.4, 0.5) is 10.1 Å². The van der Waals surface area contributed by atoms with Crippen LogP contribution in [0.2, 0.25) is 0 Å². The minimum Gasteiger partial charge on any atom is -0.471 e. The van der Waals surface area contributed by atoms with Gasteiger partial charge in [-0.25, -0.2) is 9.37 Å². The summed E-state index contributed by atoms with van der Waals surface area (Å²) in [5.41, 5.74) is 2.99. The molecule has 1 aromatic heterocycles. The molecule has 1 aliphatic heterocycles. The van der Waals surface area contributed by atoms with Gasteiger partial charge in [-0.1, -0.05) is 12.1 Å². The van der Waals surface area contributed by atoms with E-state index >= 15 is 0 Å². The smallest absolute Gasteiger partial charge is 0.238 e. The molecule has 1 unspecified atom stereocenters. The first-order valence-electron chi connectivity index (χ1n) is 6.46. The molecule has 1 aliphatic rings. The summed E-state index contributed by atoms with van der Waals surface area (Å²) in [5.74, 6) is 0.402. The van der Waals surface area contributed by atoms with E-state index in [1.54, 1.807) is 12.1 Å². The van der Waals surface area contributed by atoms with Gasteiger partial charge in [0.05, 0.1) is 12.2 Å². The van der Waals surface area contributed by atoms with Crippen LogP contribution in [0.3, 0.4) is 0 Å². The molecule has 0 fully saturated rings. The second-order valence-electron chi connectivity index (χ2n) is 4.90. The molecule has 2 heterocycles. The van der Waals surface area contributed by atoms with Gasteiger partial charge in [-0.15, -0.1) is 0 Å². The minimum absolute atomic E-state index is 0.116. The van der Waals surface area contributed by atoms with E-state index in [1.807, 2.05) is 13.0 Å². The quantitative estimate of drug-likeness (QED) is 0.847. The fraction of sp³-hybridized carbons (Fsp3) is 0.267. The van der Waals surface area contributed by atoms with Gasteiger partial charge in [0, 0.05) is 6.42 Å². The summed E-state index contributed by atoms with van der Waals surface area (Å²) in [6.45, 7) is 2.77. The Kier molecular flexibility index (Phi) is 3.61. The second-order valence-corrected chi connectivity index (χ2v) is 5.65. The van der Waals surface area contributed by atoms with Crippen LogP contribution in [0, 0.1) is 5.82 Å². The van der Waals surface area contributed by atoms with Gasteiger partial charge in [0.1, 0.15) is 16.5 Å². The zero-order chi connectivity index (χ0) is 14.1. The molecule has 0 saturated heterocycles. The van der Waals surface area contributed by atoms with Crippen LogP contribution in [0.15, 0.2) is 34.9 Å². The van der Waals surface area contributed by atoms with E-state index in [9.17, 15) is 4.39 Å². The molecule has 0 aliphatic carbocycles. The Labute approximate surface area is 125 Å². The van der Waals surface area contributed by atoms with E-state index in [0.717, 1.165) is 28.0 Å². The maximum absolute atomic E-state index is 12.9. The van der Waals surface area contributed by atoms with Crippen LogP contribution in [-0.2, 0) is 6.42 Å². The third-order valence-corrected chi connectivity index (χ3v) is 3.90. The van der Waals surface area contributed by atoms with Crippen LogP contribution < -0.4 is 10.1 Å². The standard InChI is InChI=1S/C15H14BrFN2O/c1-9-8-18-13-7-11(14(16)19-15(13)20-9)6-10-2-4-12(17)5-3-10/h2-5,7,9,18H,6,8H2,1H3. The van der Waals surface area contributed by atoms with E-state index in [2.05, 4.69) is 26.2 Å². The zero-order valence-electron chi connectivity index (χ0n) is 11.0. The van der Waals surface area contributed by atoms with Gasteiger partial charge in [0.2, 0.25) is 5.88 Å². The van der Waals surface area contributed by atoms with Crippen molar-refractivity contribution in [1.82, 2.24) is 4.98 Å². The van der Waals surface area contributed by atoms with Crippen molar-refractivity contribution in [2.45, 2.75) is 19.4 Å². The lowest BCUT2D eigenvalue weighted by Gasteiger charge is -2.24. The molecule has 0 bridgehead atoms. The van der Waals surface area contributed by atoms with Crippen molar-refractivity contribution < 1.29 is 9.13 Å². The van der Waals surface area contributed by atoms with E-state index < -0.39 is 0 Å². The van der Waals surface area contributed by atoms with Gasteiger partial charge in [0.15, 0.2) is 0 Å². The van der Waals surface area contributed by atoms with Crippen LogP contribution in [0.5, 0.6) is 5.88 Å². The Morgan fingerprint density at radius 2 is 2.15 bits per heavy atom. The Balaban J connectivity index is 1.88. The monoisotopic (exact) mass is 336 g/mol. The summed E-state index contributed by atoms with van der Waals surface area (Å²) in [6.07, 6.45) is 0.808. The highest BCUT2D eigenvalue weighted by Crippen LogP contribution is 2.32. The highest BCUT2D eigenvalue weighted by Gasteiger charge is 2.19. The first-order chi connectivity index (χ1) is 9.61. The number of halogens is 2. The second kappa shape index (κ2) is 5.40. The molecule has 104 valence electrons. The number of benzene rings is 1. The molecule has 20 heavy (non-hydrogen) atoms. The third-order valence-electron chi connectivity index (χ3n) is 3.21. The first-order valence-corrected chi connectivity index (χ1v) is 7.25. The van der Waals surface area contributed by atoms with Crippen molar-refractivity contribution in [3.8, 4) is 5.88 Å². The number of hydrogen-bond donors (Lipinski definition) is 1. The molecule has 1 atom stereocenters. The lowest BCUT2D eigenvalue weighted by Crippen LogP contribution is -2.28. The predicted octanol–water partition coefficient (Wildman–Crippen LogP) is 3.77. The zero-order valence-corrected chi connectivity index (χ0v) is 12.6. The molecule has 0 radical (unpaired) electrons. The minimum atomic E-state index is -0.222. The average molecular weight is 337 g/mol. The maximum atomic E-state index is 12.9. The van der Waals surface area contributed by atoms with Gasteiger partial charge in [-0.3, -0.25) is 0 Å². The number of ether oxygens (including phenoxy) is 1. The van der Waals surface area contributed by atoms with Gasteiger partial charge >= 0.3 is 0 Å². The molecule has 3 nitrogen and oxygen atoms in total. The molecule has 1 aromatic carbocycles. The first kappa shape index (κ1) is 13.4. The summed E-state index contributed by atoms with van der Waals surface area (Å²) in [5, 5.41) is 3.31. The fourth-order valence-electron chi connectivity index (χ4n) is 2.17. The molecule has 0 spiro atoms. The van der Waals surface area contributed by atoms with Crippen molar-refractivity contribution in [2.75, 3.05) is 11.9 Å². The van der Waals surface area contributed by atoms with E-state index in [4.69, 9.17) is 4.74 Å². The van der Waals surface area contributed by atoms with Crippen LogP contribution in [-0.4, -0.2) is 17.6 Å². The van der Waals surface area contributed by atoms with E-state index in [1.165, 1.54) is 12.1 Å². The van der Waals surface area contributed by atoms with Crippen LogP contribution in [0.25, 0.3) is 0 Å². The van der Waals surface area contributed by atoms with Crippen molar-refractivity contribution in [1.29, 1.82) is 0 Å². The number of nitrogens with zero attached hydrogens (tertiary/aromatic N) is 1. The highest BCUT2D eigenvalue weighted by molar-refractivity contribution is 9.10. The van der Waals surface area contributed by atoms with Gasteiger partial charge < -0.3 is 10.1 Å². The number of aromatic nitrogens is 1. The highest BCUT2D eigenvalue weighted by atomic mass is 79.9. The molecular formula is C15H14BrFN2O. The number of fused-ring (bicyclic) bond motifs is 1. The molecule has 0 saturated carbocycles. The van der Waals surface area contributed by atoms with Crippen LogP contribution in [0.1, 0.15) is 18.1 Å². The predicted molar refractivity (Wildman–Crippen MR) is 79.7 cm³/mol. The van der Waals surface area contributed by atoms with Crippen molar-refractivity contribution in [3.63, 3.8) is 0 Å². The lowest BCUT2D eigenvalue weighted by atomic mass is 10.1. The summed E-state index contributed by atoms with van der Waals surface area (Å²) in [7, 11) is 0. The van der Waals surface area contributed by atoms with Gasteiger partial charge in [-0.2, -0.15) is 0 Å². The van der Waals surface area contributed by atoms with Crippen molar-refractivity contribution in [3.05, 3.63) is 51.9 Å². The SMILES string of the molecule is CC1CNc2cc(Cc3ccc(F)cc3)c(Br)nc2O1. The Hall–Kier alpha value is -1.62. The Morgan fingerprint density at radius 1 is 1.40 bits per heavy atom. The Morgan fingerprint density at radius 3 is 2.90 bits per heavy atom. The number of anilines is 1. The normalized spacial score (nSPS) is 17.1. The summed E-state index contributed by atoms with van der Waals surface area (Å²) < 4.78 is 19.4. The summed E-state index contributed by atoms with van der Waals surface area (Å²) in [4.78, 5) is 4.44. The molecule has 2 aromatic rings. The molecule has 0 amide bonds. The van der Waals surface area contributed by atoms with Gasteiger partial charge in [-0.05, 0) is 52.2 Å². The summed E-state index contributed by atoms with van der Waals surface area (Å²) >= 11 is 3.47. The number of hydrogen-bond acceptors (Lipinski definition) is 3. The van der Waals surface area contributed by atoms with Gasteiger partial charge in [0.25, 0.3) is 0 Å². The average Bonchev–Trinajstić information content (AvgIpc) is 2.42. The lowest BCUT2D eigenvalue weighted by molar-refractivity contribution is 0.216. The molecule has 1 N–H and O–H groups in total. The largest absolute Gasteiger partial charge is 0.471 e. The maximum Gasteiger partial charge on any atom is 0.238 e. The molecule has 3 rings (SSSR count). The van der Waals surface area contributed by atoms with E-state index in [0.29, 0.717) is 12.3 Å². The molecular weight excluding hydrogens is 323 g/mol. The van der Waals surface area contributed by atoms with E-state index in [-0.39, 0.29) is 11.9 Å². The number of rotatable bonds is 2.